The van der Waals surface area contributed by atoms with Crippen molar-refractivity contribution < 1.29 is 14.7 Å². The SMILES string of the molecule is CCC(C(=O)O)n1/c(=N/C(=O)c2cc(Cl)cc(Cl)c2)sc2c(Cl)cccc21. The summed E-state index contributed by atoms with van der Waals surface area (Å²) in [6.07, 6.45) is 0.318. The fourth-order valence-electron chi connectivity index (χ4n) is 2.71. The maximum Gasteiger partial charge on any atom is 0.326 e. The third-order valence-corrected chi connectivity index (χ3v) is 5.86. The fourth-order valence-corrected chi connectivity index (χ4v) is 4.59. The number of carbonyl (C=O) groups excluding carboxylic acids is 1. The van der Waals surface area contributed by atoms with E-state index in [2.05, 4.69) is 4.99 Å². The predicted molar refractivity (Wildman–Crippen MR) is 108 cm³/mol. The molecule has 0 spiro atoms. The molecule has 0 bridgehead atoms. The van der Waals surface area contributed by atoms with Crippen LogP contribution in [0.5, 0.6) is 0 Å². The Hall–Kier alpha value is -1.86. The number of fused-ring (bicyclic) bond motifs is 1. The summed E-state index contributed by atoms with van der Waals surface area (Å²) in [7, 11) is 0. The van der Waals surface area contributed by atoms with E-state index in [0.717, 1.165) is 11.3 Å². The van der Waals surface area contributed by atoms with Crippen LogP contribution in [0.2, 0.25) is 15.1 Å². The molecule has 5 nitrogen and oxygen atoms in total. The summed E-state index contributed by atoms with van der Waals surface area (Å²) < 4.78 is 2.19. The lowest BCUT2D eigenvalue weighted by atomic mass is 10.2. The van der Waals surface area contributed by atoms with Crippen LogP contribution in [0.3, 0.4) is 0 Å². The van der Waals surface area contributed by atoms with Crippen molar-refractivity contribution >= 4 is 68.2 Å². The second kappa shape index (κ2) is 8.02. The van der Waals surface area contributed by atoms with E-state index >= 15 is 0 Å². The van der Waals surface area contributed by atoms with Crippen molar-refractivity contribution in [2.75, 3.05) is 0 Å². The highest BCUT2D eigenvalue weighted by molar-refractivity contribution is 7.17. The molecule has 0 aliphatic heterocycles. The van der Waals surface area contributed by atoms with Crippen LogP contribution < -0.4 is 4.80 Å². The number of aromatic nitrogens is 1. The van der Waals surface area contributed by atoms with Crippen molar-refractivity contribution in [3.8, 4) is 0 Å². The minimum atomic E-state index is -1.02. The van der Waals surface area contributed by atoms with Crippen LogP contribution in [0.1, 0.15) is 29.7 Å². The zero-order valence-electron chi connectivity index (χ0n) is 13.9. The van der Waals surface area contributed by atoms with Crippen LogP contribution >= 0.6 is 46.1 Å². The first-order valence-electron chi connectivity index (χ1n) is 7.89. The lowest BCUT2D eigenvalue weighted by Gasteiger charge is -2.13. The lowest BCUT2D eigenvalue weighted by molar-refractivity contribution is -0.140. The predicted octanol–water partition coefficient (Wildman–Crippen LogP) is 5.44. The number of benzene rings is 2. The highest BCUT2D eigenvalue weighted by Crippen LogP contribution is 2.29. The van der Waals surface area contributed by atoms with Crippen LogP contribution in [0.15, 0.2) is 41.4 Å². The Morgan fingerprint density at radius 1 is 1.19 bits per heavy atom. The molecule has 1 heterocycles. The number of carboxylic acid groups (broad SMARTS) is 1. The highest BCUT2D eigenvalue weighted by Gasteiger charge is 2.23. The summed E-state index contributed by atoms with van der Waals surface area (Å²) in [5, 5.41) is 10.7. The molecule has 0 saturated carbocycles. The summed E-state index contributed by atoms with van der Waals surface area (Å²) in [4.78, 5) is 28.8. The first-order valence-corrected chi connectivity index (χ1v) is 9.84. The summed E-state index contributed by atoms with van der Waals surface area (Å²) in [5.41, 5.74) is 0.823. The number of aliphatic carboxylic acids is 1. The maximum atomic E-state index is 12.6. The highest BCUT2D eigenvalue weighted by atomic mass is 35.5. The lowest BCUT2D eigenvalue weighted by Crippen LogP contribution is -2.27. The van der Waals surface area contributed by atoms with Gasteiger partial charge in [0.25, 0.3) is 5.91 Å². The van der Waals surface area contributed by atoms with Gasteiger partial charge in [-0.1, -0.05) is 59.1 Å². The van der Waals surface area contributed by atoms with Crippen LogP contribution in [0, 0.1) is 0 Å². The van der Waals surface area contributed by atoms with Crippen LogP contribution in [0.4, 0.5) is 0 Å². The quantitative estimate of drug-likeness (QED) is 0.583. The van der Waals surface area contributed by atoms with Gasteiger partial charge in [0, 0.05) is 15.6 Å². The first kappa shape index (κ1) is 19.9. The van der Waals surface area contributed by atoms with Crippen LogP contribution in [-0.4, -0.2) is 21.6 Å². The molecular formula is C18H13Cl3N2O3S. The molecule has 1 unspecified atom stereocenters. The number of carbonyl (C=O) groups is 2. The largest absolute Gasteiger partial charge is 0.480 e. The van der Waals surface area contributed by atoms with Crippen molar-refractivity contribution in [3.05, 3.63) is 61.8 Å². The molecule has 9 heteroatoms. The van der Waals surface area contributed by atoms with Gasteiger partial charge in [-0.15, -0.1) is 0 Å². The zero-order chi connectivity index (χ0) is 19.7. The van der Waals surface area contributed by atoms with Gasteiger partial charge >= 0.3 is 5.97 Å². The monoisotopic (exact) mass is 442 g/mol. The Morgan fingerprint density at radius 2 is 1.85 bits per heavy atom. The smallest absolute Gasteiger partial charge is 0.326 e. The third kappa shape index (κ3) is 4.04. The minimum Gasteiger partial charge on any atom is -0.480 e. The van der Waals surface area contributed by atoms with E-state index in [1.165, 1.54) is 22.8 Å². The molecule has 0 radical (unpaired) electrons. The normalized spacial score (nSPS) is 13.1. The Labute approximate surface area is 173 Å². The Balaban J connectivity index is 2.26. The number of halogens is 3. The van der Waals surface area contributed by atoms with Gasteiger partial charge in [0.15, 0.2) is 4.80 Å². The maximum absolute atomic E-state index is 12.6. The van der Waals surface area contributed by atoms with Gasteiger partial charge in [-0.25, -0.2) is 4.79 Å². The van der Waals surface area contributed by atoms with Crippen LogP contribution in [-0.2, 0) is 4.79 Å². The van der Waals surface area contributed by atoms with Crippen molar-refractivity contribution in [3.63, 3.8) is 0 Å². The van der Waals surface area contributed by atoms with E-state index in [9.17, 15) is 14.7 Å². The molecule has 2 aromatic carbocycles. The number of amides is 1. The second-order valence-corrected chi connectivity index (χ2v) is 7.94. The van der Waals surface area contributed by atoms with E-state index < -0.39 is 17.9 Å². The molecule has 3 rings (SSSR count). The molecule has 1 amide bonds. The van der Waals surface area contributed by atoms with Gasteiger partial charge in [0.1, 0.15) is 6.04 Å². The number of rotatable bonds is 4. The van der Waals surface area contributed by atoms with Gasteiger partial charge in [0.05, 0.1) is 15.2 Å². The number of hydrogen-bond acceptors (Lipinski definition) is 3. The molecule has 0 fully saturated rings. The van der Waals surface area contributed by atoms with Gasteiger partial charge in [0.2, 0.25) is 0 Å². The number of hydrogen-bond donors (Lipinski definition) is 1. The average molecular weight is 444 g/mol. The summed E-state index contributed by atoms with van der Waals surface area (Å²) in [6.45, 7) is 1.75. The number of thiazole rings is 1. The van der Waals surface area contributed by atoms with E-state index in [0.29, 0.717) is 31.7 Å². The molecule has 0 saturated heterocycles. The fraction of sp³-hybridized carbons (Fsp3) is 0.167. The molecule has 140 valence electrons. The van der Waals surface area contributed by atoms with Crippen molar-refractivity contribution in [2.45, 2.75) is 19.4 Å². The van der Waals surface area contributed by atoms with E-state index in [-0.39, 0.29) is 10.4 Å². The van der Waals surface area contributed by atoms with Gasteiger partial charge in [-0.2, -0.15) is 4.99 Å². The second-order valence-electron chi connectivity index (χ2n) is 5.68. The molecule has 0 aliphatic rings. The van der Waals surface area contributed by atoms with E-state index in [1.54, 1.807) is 25.1 Å². The molecule has 1 atom stereocenters. The summed E-state index contributed by atoms with van der Waals surface area (Å²) in [5.74, 6) is -1.59. The van der Waals surface area contributed by atoms with Gasteiger partial charge in [-0.3, -0.25) is 4.79 Å². The molecular weight excluding hydrogens is 431 g/mol. The molecule has 3 aromatic rings. The Kier molecular flexibility index (Phi) is 5.91. The van der Waals surface area contributed by atoms with E-state index in [4.69, 9.17) is 34.8 Å². The van der Waals surface area contributed by atoms with Crippen molar-refractivity contribution in [1.29, 1.82) is 0 Å². The van der Waals surface area contributed by atoms with Crippen molar-refractivity contribution in [1.82, 2.24) is 4.57 Å². The van der Waals surface area contributed by atoms with Gasteiger partial charge < -0.3 is 9.67 Å². The average Bonchev–Trinajstić information content (AvgIpc) is 2.94. The number of carboxylic acids is 1. The van der Waals surface area contributed by atoms with E-state index in [1.807, 2.05) is 0 Å². The van der Waals surface area contributed by atoms with Crippen LogP contribution in [0.25, 0.3) is 10.2 Å². The minimum absolute atomic E-state index is 0.214. The summed E-state index contributed by atoms with van der Waals surface area (Å²) in [6, 6.07) is 8.72. The molecule has 1 N–H and O–H groups in total. The standard InChI is InChI=1S/C18H13Cl3N2O3S/c1-2-13(17(25)26)23-14-5-3-4-12(21)15(14)27-18(23)22-16(24)9-6-10(19)8-11(20)7-9/h3-8,13H,2H2,1H3,(H,25,26)/b22-18-. The summed E-state index contributed by atoms with van der Waals surface area (Å²) >= 11 is 19.3. The Morgan fingerprint density at radius 3 is 2.44 bits per heavy atom. The Bertz CT molecular complexity index is 1100. The third-order valence-electron chi connectivity index (χ3n) is 3.90. The van der Waals surface area contributed by atoms with Gasteiger partial charge in [-0.05, 0) is 36.8 Å². The number of nitrogens with zero attached hydrogens (tertiary/aromatic N) is 2. The molecule has 0 aliphatic carbocycles. The van der Waals surface area contributed by atoms with Crippen molar-refractivity contribution in [2.24, 2.45) is 4.99 Å². The molecule has 27 heavy (non-hydrogen) atoms. The first-order chi connectivity index (χ1) is 12.8. The topological polar surface area (TPSA) is 71.7 Å². The molecule has 1 aromatic heterocycles. The zero-order valence-corrected chi connectivity index (χ0v) is 17.0.